The molecule has 0 saturated carbocycles. The average Bonchev–Trinajstić information content (AvgIpc) is 2.21. The number of nitrogens with zero attached hydrogens (tertiary/aromatic N) is 1. The van der Waals surface area contributed by atoms with E-state index >= 15 is 0 Å². The highest BCUT2D eigenvalue weighted by Gasteiger charge is 2.01. The molecule has 1 amide bonds. The third-order valence-corrected chi connectivity index (χ3v) is 1.77. The summed E-state index contributed by atoms with van der Waals surface area (Å²) in [6.45, 7) is 5.91. The van der Waals surface area contributed by atoms with Gasteiger partial charge >= 0.3 is 0 Å². The van der Waals surface area contributed by atoms with Crippen LogP contribution in [0.15, 0.2) is 0 Å². The molecule has 0 heterocycles. The Labute approximate surface area is 85.7 Å². The van der Waals surface area contributed by atoms with Crippen LogP contribution < -0.4 is 10.6 Å². The quantitative estimate of drug-likeness (QED) is 0.589. The predicted molar refractivity (Wildman–Crippen MR) is 55.6 cm³/mol. The molecule has 0 aromatic heterocycles. The first-order valence-corrected chi connectivity index (χ1v) is 5.07. The molecule has 0 saturated heterocycles. The van der Waals surface area contributed by atoms with Crippen molar-refractivity contribution in [2.24, 2.45) is 5.92 Å². The van der Waals surface area contributed by atoms with Gasteiger partial charge in [-0.05, 0) is 13.3 Å². The minimum atomic E-state index is 0.00806. The van der Waals surface area contributed by atoms with Crippen molar-refractivity contribution in [3.05, 3.63) is 0 Å². The molecule has 0 aliphatic rings. The molecule has 0 fully saturated rings. The molecule has 0 rings (SSSR count). The van der Waals surface area contributed by atoms with Crippen LogP contribution >= 0.6 is 0 Å². The van der Waals surface area contributed by atoms with Crippen LogP contribution in [-0.2, 0) is 4.79 Å². The van der Waals surface area contributed by atoms with Crippen LogP contribution in [0.5, 0.6) is 0 Å². The van der Waals surface area contributed by atoms with Crippen LogP contribution in [0, 0.1) is 17.2 Å². The minimum absolute atomic E-state index is 0.00806. The molecule has 4 heteroatoms. The van der Waals surface area contributed by atoms with Gasteiger partial charge in [-0.3, -0.25) is 4.79 Å². The third kappa shape index (κ3) is 7.56. The molecule has 0 spiro atoms. The molecular weight excluding hydrogens is 178 g/mol. The average molecular weight is 197 g/mol. The number of nitrogens with one attached hydrogen (secondary N) is 2. The summed E-state index contributed by atoms with van der Waals surface area (Å²) in [5.74, 6) is 0.0812. The van der Waals surface area contributed by atoms with Crippen LogP contribution in [0.25, 0.3) is 0 Å². The maximum absolute atomic E-state index is 11.1. The maximum Gasteiger partial charge on any atom is 0.221 e. The van der Waals surface area contributed by atoms with Gasteiger partial charge in [0, 0.05) is 26.1 Å². The van der Waals surface area contributed by atoms with E-state index in [1.165, 1.54) is 0 Å². The van der Waals surface area contributed by atoms with Gasteiger partial charge in [0.05, 0.1) is 12.0 Å². The van der Waals surface area contributed by atoms with Crippen LogP contribution in [0.2, 0.25) is 0 Å². The summed E-state index contributed by atoms with van der Waals surface area (Å²) in [4.78, 5) is 11.1. The number of rotatable bonds is 7. The molecule has 0 radical (unpaired) electrons. The van der Waals surface area contributed by atoms with Gasteiger partial charge in [-0.2, -0.15) is 5.26 Å². The fourth-order valence-corrected chi connectivity index (χ4v) is 0.919. The highest BCUT2D eigenvalue weighted by atomic mass is 16.1. The summed E-state index contributed by atoms with van der Waals surface area (Å²) in [6.07, 6.45) is 1.45. The zero-order chi connectivity index (χ0) is 10.8. The molecule has 80 valence electrons. The molecule has 0 bridgehead atoms. The molecule has 14 heavy (non-hydrogen) atoms. The van der Waals surface area contributed by atoms with Crippen LogP contribution in [0.1, 0.15) is 26.7 Å². The molecule has 1 unspecified atom stereocenters. The van der Waals surface area contributed by atoms with Crippen molar-refractivity contribution in [1.29, 1.82) is 5.26 Å². The molecular formula is C10H19N3O. The largest absolute Gasteiger partial charge is 0.356 e. The van der Waals surface area contributed by atoms with Gasteiger partial charge in [0.2, 0.25) is 5.91 Å². The topological polar surface area (TPSA) is 64.9 Å². The van der Waals surface area contributed by atoms with E-state index in [0.717, 1.165) is 13.0 Å². The van der Waals surface area contributed by atoms with Crippen molar-refractivity contribution in [3.63, 3.8) is 0 Å². The Morgan fingerprint density at radius 2 is 2.21 bits per heavy atom. The SMILES string of the molecule is CCCNC(=O)CCNCC(C)C#N. The monoisotopic (exact) mass is 197 g/mol. The number of carbonyl (C=O) groups excluding carboxylic acids is 1. The van der Waals surface area contributed by atoms with Gasteiger partial charge in [-0.15, -0.1) is 0 Å². The minimum Gasteiger partial charge on any atom is -0.356 e. The number of nitriles is 1. The van der Waals surface area contributed by atoms with E-state index in [1.54, 1.807) is 0 Å². The van der Waals surface area contributed by atoms with Gasteiger partial charge in [-0.25, -0.2) is 0 Å². The van der Waals surface area contributed by atoms with E-state index in [9.17, 15) is 4.79 Å². The smallest absolute Gasteiger partial charge is 0.221 e. The molecule has 0 aromatic carbocycles. The highest BCUT2D eigenvalue weighted by molar-refractivity contribution is 5.75. The molecule has 0 aromatic rings. The Morgan fingerprint density at radius 1 is 1.50 bits per heavy atom. The summed E-state index contributed by atoms with van der Waals surface area (Å²) in [5, 5.41) is 14.3. The number of hydrogen-bond donors (Lipinski definition) is 2. The van der Waals surface area contributed by atoms with Crippen molar-refractivity contribution >= 4 is 5.91 Å². The second-order valence-electron chi connectivity index (χ2n) is 3.33. The van der Waals surface area contributed by atoms with E-state index < -0.39 is 0 Å². The Hall–Kier alpha value is -1.08. The fourth-order valence-electron chi connectivity index (χ4n) is 0.919. The molecule has 0 aliphatic heterocycles. The van der Waals surface area contributed by atoms with Crippen LogP contribution in [0.3, 0.4) is 0 Å². The lowest BCUT2D eigenvalue weighted by atomic mass is 10.2. The van der Waals surface area contributed by atoms with Gasteiger partial charge in [-0.1, -0.05) is 6.92 Å². The number of amides is 1. The van der Waals surface area contributed by atoms with E-state index in [2.05, 4.69) is 16.7 Å². The molecule has 4 nitrogen and oxygen atoms in total. The maximum atomic E-state index is 11.1. The van der Waals surface area contributed by atoms with Crippen molar-refractivity contribution < 1.29 is 4.79 Å². The van der Waals surface area contributed by atoms with Gasteiger partial charge in [0.15, 0.2) is 0 Å². The van der Waals surface area contributed by atoms with E-state index in [-0.39, 0.29) is 11.8 Å². The van der Waals surface area contributed by atoms with Crippen molar-refractivity contribution in [2.75, 3.05) is 19.6 Å². The zero-order valence-electron chi connectivity index (χ0n) is 8.97. The van der Waals surface area contributed by atoms with Crippen LogP contribution in [-0.4, -0.2) is 25.5 Å². The number of hydrogen-bond acceptors (Lipinski definition) is 3. The first-order valence-electron chi connectivity index (χ1n) is 5.07. The Morgan fingerprint density at radius 3 is 2.79 bits per heavy atom. The summed E-state index contributed by atoms with van der Waals surface area (Å²) in [5.41, 5.74) is 0. The Bertz CT molecular complexity index is 198. The standard InChI is InChI=1S/C10H19N3O/c1-3-5-13-10(14)4-6-12-8-9(2)7-11/h9,12H,3-6,8H2,1-2H3,(H,13,14). The fraction of sp³-hybridized carbons (Fsp3) is 0.800. The molecule has 1 atom stereocenters. The van der Waals surface area contributed by atoms with Gasteiger partial charge < -0.3 is 10.6 Å². The van der Waals surface area contributed by atoms with E-state index in [4.69, 9.17) is 5.26 Å². The Kier molecular flexibility index (Phi) is 7.86. The zero-order valence-corrected chi connectivity index (χ0v) is 8.97. The molecule has 2 N–H and O–H groups in total. The summed E-state index contributed by atoms with van der Waals surface area (Å²) in [7, 11) is 0. The second-order valence-corrected chi connectivity index (χ2v) is 3.33. The lowest BCUT2D eigenvalue weighted by molar-refractivity contribution is -0.120. The van der Waals surface area contributed by atoms with Crippen LogP contribution in [0.4, 0.5) is 0 Å². The third-order valence-electron chi connectivity index (χ3n) is 1.77. The van der Waals surface area contributed by atoms with Crippen molar-refractivity contribution in [1.82, 2.24) is 10.6 Å². The van der Waals surface area contributed by atoms with Gasteiger partial charge in [0.1, 0.15) is 0 Å². The van der Waals surface area contributed by atoms with Crippen molar-refractivity contribution in [2.45, 2.75) is 26.7 Å². The summed E-state index contributed by atoms with van der Waals surface area (Å²) >= 11 is 0. The first kappa shape index (κ1) is 12.9. The molecule has 0 aliphatic carbocycles. The first-order chi connectivity index (χ1) is 6.70. The lowest BCUT2D eigenvalue weighted by Gasteiger charge is -2.06. The van der Waals surface area contributed by atoms with E-state index in [0.29, 0.717) is 19.5 Å². The predicted octanol–water partition coefficient (Wildman–Crippen LogP) is 0.652. The summed E-state index contributed by atoms with van der Waals surface area (Å²) < 4.78 is 0. The Balaban J connectivity index is 3.28. The van der Waals surface area contributed by atoms with Crippen molar-refractivity contribution in [3.8, 4) is 6.07 Å². The summed E-state index contributed by atoms with van der Waals surface area (Å²) in [6, 6.07) is 2.12. The van der Waals surface area contributed by atoms with Gasteiger partial charge in [0.25, 0.3) is 0 Å². The van der Waals surface area contributed by atoms with E-state index in [1.807, 2.05) is 13.8 Å². The second kappa shape index (κ2) is 8.52. The lowest BCUT2D eigenvalue weighted by Crippen LogP contribution is -2.29. The number of carbonyl (C=O) groups is 1. The highest BCUT2D eigenvalue weighted by Crippen LogP contribution is 1.87. The normalized spacial score (nSPS) is 11.8.